The summed E-state index contributed by atoms with van der Waals surface area (Å²) in [6.45, 7) is 6.71. The number of pyridine rings is 2. The van der Waals surface area contributed by atoms with Gasteiger partial charge in [-0.1, -0.05) is 17.7 Å². The Kier molecular flexibility index (Phi) is 7.88. The fraction of sp³-hybridized carbons (Fsp3) is 0.250. The van der Waals surface area contributed by atoms with Gasteiger partial charge in [-0.2, -0.15) is 0 Å². The van der Waals surface area contributed by atoms with E-state index in [-0.39, 0.29) is 5.91 Å². The number of aryl methyl sites for hydroxylation is 1. The van der Waals surface area contributed by atoms with Crippen molar-refractivity contribution in [1.82, 2.24) is 29.7 Å². The molecule has 5 rings (SSSR count). The predicted molar refractivity (Wildman–Crippen MR) is 150 cm³/mol. The fourth-order valence-electron chi connectivity index (χ4n) is 4.21. The predicted octanol–water partition coefficient (Wildman–Crippen LogP) is 4.64. The summed E-state index contributed by atoms with van der Waals surface area (Å²) in [5.41, 5.74) is 5.06. The highest BCUT2D eigenvalue weighted by molar-refractivity contribution is 6.31. The smallest absolute Gasteiger partial charge is 0.255 e. The second-order valence-corrected chi connectivity index (χ2v) is 9.74. The van der Waals surface area contributed by atoms with E-state index in [2.05, 4.69) is 47.4 Å². The number of aromatic nitrogens is 4. The number of nitrogens with one attached hydrogen (secondary N) is 2. The van der Waals surface area contributed by atoms with Gasteiger partial charge in [0.15, 0.2) is 0 Å². The molecule has 1 fully saturated rings. The van der Waals surface area contributed by atoms with E-state index in [1.165, 1.54) is 0 Å². The first kappa shape index (κ1) is 25.7. The molecule has 9 nitrogen and oxygen atoms in total. The number of hydrogen-bond acceptors (Lipinski definition) is 8. The molecule has 1 amide bonds. The number of piperazine rings is 1. The maximum Gasteiger partial charge on any atom is 0.255 e. The number of carbonyl (C=O) groups is 1. The van der Waals surface area contributed by atoms with Gasteiger partial charge >= 0.3 is 0 Å². The minimum atomic E-state index is -0.255. The van der Waals surface area contributed by atoms with E-state index in [9.17, 15) is 4.79 Å². The van der Waals surface area contributed by atoms with Crippen molar-refractivity contribution in [2.45, 2.75) is 13.5 Å². The van der Waals surface area contributed by atoms with E-state index in [0.717, 1.165) is 49.5 Å². The highest BCUT2D eigenvalue weighted by atomic mass is 35.5. The summed E-state index contributed by atoms with van der Waals surface area (Å²) in [6, 6.07) is 12.9. The van der Waals surface area contributed by atoms with Crippen molar-refractivity contribution in [2.75, 3.05) is 43.9 Å². The number of rotatable bonds is 7. The zero-order chi connectivity index (χ0) is 26.5. The van der Waals surface area contributed by atoms with Crippen molar-refractivity contribution < 1.29 is 4.79 Å². The molecule has 1 aliphatic rings. The van der Waals surface area contributed by atoms with Gasteiger partial charge in [0.2, 0.25) is 5.95 Å². The third-order valence-corrected chi connectivity index (χ3v) is 6.86. The summed E-state index contributed by atoms with van der Waals surface area (Å²) in [6.07, 6.45) is 6.82. The quantitative estimate of drug-likeness (QED) is 0.358. The van der Waals surface area contributed by atoms with Crippen molar-refractivity contribution in [3.8, 4) is 11.3 Å². The van der Waals surface area contributed by atoms with Crippen LogP contribution >= 0.6 is 11.6 Å². The largest absolute Gasteiger partial charge is 0.323 e. The Morgan fingerprint density at radius 2 is 1.87 bits per heavy atom. The van der Waals surface area contributed by atoms with Crippen molar-refractivity contribution >= 4 is 34.8 Å². The Morgan fingerprint density at radius 3 is 2.63 bits per heavy atom. The molecule has 3 aromatic heterocycles. The van der Waals surface area contributed by atoms with Crippen LogP contribution < -0.4 is 10.6 Å². The monoisotopic (exact) mass is 528 g/mol. The number of halogens is 1. The molecule has 0 radical (unpaired) electrons. The maximum absolute atomic E-state index is 13.1. The van der Waals surface area contributed by atoms with Gasteiger partial charge < -0.3 is 15.5 Å². The van der Waals surface area contributed by atoms with Gasteiger partial charge in [-0.15, -0.1) is 0 Å². The summed E-state index contributed by atoms with van der Waals surface area (Å²) in [5, 5.41) is 6.72. The second-order valence-electron chi connectivity index (χ2n) is 9.33. The molecule has 1 aliphatic heterocycles. The summed E-state index contributed by atoms with van der Waals surface area (Å²) >= 11 is 6.57. The average molecular weight is 529 g/mol. The van der Waals surface area contributed by atoms with E-state index < -0.39 is 0 Å². The molecule has 4 aromatic rings. The molecule has 0 unspecified atom stereocenters. The number of hydrogen-bond donors (Lipinski definition) is 2. The van der Waals surface area contributed by atoms with Gasteiger partial charge in [-0.25, -0.2) is 9.97 Å². The van der Waals surface area contributed by atoms with E-state index in [1.54, 1.807) is 30.9 Å². The minimum absolute atomic E-state index is 0.255. The Labute approximate surface area is 226 Å². The topological polar surface area (TPSA) is 99.2 Å². The van der Waals surface area contributed by atoms with Crippen molar-refractivity contribution in [1.29, 1.82) is 0 Å². The van der Waals surface area contributed by atoms with Gasteiger partial charge in [0.25, 0.3) is 5.91 Å². The molecule has 0 bridgehead atoms. The lowest BCUT2D eigenvalue weighted by molar-refractivity contribution is 0.102. The Bertz CT molecular complexity index is 1420. The molecule has 2 N–H and O–H groups in total. The van der Waals surface area contributed by atoms with Gasteiger partial charge in [0.05, 0.1) is 29.0 Å². The third kappa shape index (κ3) is 6.31. The third-order valence-electron chi connectivity index (χ3n) is 6.51. The first-order valence-electron chi connectivity index (χ1n) is 12.4. The van der Waals surface area contributed by atoms with Crippen LogP contribution in [0, 0.1) is 6.92 Å². The molecular weight excluding hydrogens is 500 g/mol. The first-order chi connectivity index (χ1) is 18.4. The summed E-state index contributed by atoms with van der Waals surface area (Å²) in [4.78, 5) is 35.2. The van der Waals surface area contributed by atoms with Gasteiger partial charge in [-0.05, 0) is 55.9 Å². The van der Waals surface area contributed by atoms with Crippen LogP contribution in [-0.4, -0.2) is 68.9 Å². The lowest BCUT2D eigenvalue weighted by atomic mass is 10.1. The van der Waals surface area contributed by atoms with Crippen LogP contribution in [0.5, 0.6) is 0 Å². The standard InChI is InChI=1S/C28H29ClN8O/c1-19-26(15-23(17-32-19)33-28-31-9-7-25(35-28)21-4-3-8-30-16-21)34-27(38)20-5-6-22(24(29)14-20)18-37-12-10-36(2)11-13-37/h3-9,14-17H,10-13,18H2,1-2H3,(H,34,38)(H,31,33,35). The maximum atomic E-state index is 13.1. The number of benzene rings is 1. The van der Waals surface area contributed by atoms with Crippen LogP contribution in [0.2, 0.25) is 5.02 Å². The SMILES string of the molecule is Cc1ncc(Nc2nccc(-c3cccnc3)n2)cc1NC(=O)c1ccc(CN2CCN(C)CC2)c(Cl)c1. The Balaban J connectivity index is 1.26. The zero-order valence-corrected chi connectivity index (χ0v) is 22.1. The van der Waals surface area contributed by atoms with Crippen molar-refractivity contribution in [2.24, 2.45) is 0 Å². The fourth-order valence-corrected chi connectivity index (χ4v) is 4.45. The van der Waals surface area contributed by atoms with E-state index in [0.29, 0.717) is 33.6 Å². The normalized spacial score (nSPS) is 14.3. The highest BCUT2D eigenvalue weighted by Gasteiger charge is 2.17. The van der Waals surface area contributed by atoms with E-state index in [1.807, 2.05) is 43.3 Å². The molecule has 38 heavy (non-hydrogen) atoms. The van der Waals surface area contributed by atoms with Gasteiger partial charge in [-0.3, -0.25) is 19.7 Å². The number of anilines is 3. The molecule has 1 saturated heterocycles. The van der Waals surface area contributed by atoms with E-state index >= 15 is 0 Å². The molecule has 10 heteroatoms. The zero-order valence-electron chi connectivity index (χ0n) is 21.4. The number of amides is 1. The van der Waals surface area contributed by atoms with Gasteiger partial charge in [0, 0.05) is 67.5 Å². The molecule has 0 atom stereocenters. The van der Waals surface area contributed by atoms with Crippen LogP contribution in [0.15, 0.2) is 67.3 Å². The van der Waals surface area contributed by atoms with Crippen LogP contribution in [-0.2, 0) is 6.54 Å². The lowest BCUT2D eigenvalue weighted by Crippen LogP contribution is -2.43. The molecule has 194 valence electrons. The number of likely N-dealkylation sites (N-methyl/N-ethyl adjacent to an activating group) is 1. The van der Waals surface area contributed by atoms with Crippen molar-refractivity contribution in [3.63, 3.8) is 0 Å². The van der Waals surface area contributed by atoms with Gasteiger partial charge in [0.1, 0.15) is 0 Å². The number of carbonyl (C=O) groups excluding carboxylic acids is 1. The van der Waals surface area contributed by atoms with Crippen LogP contribution in [0.4, 0.5) is 17.3 Å². The van der Waals surface area contributed by atoms with Crippen LogP contribution in [0.3, 0.4) is 0 Å². The molecule has 1 aromatic carbocycles. The number of nitrogens with zero attached hydrogens (tertiary/aromatic N) is 6. The highest BCUT2D eigenvalue weighted by Crippen LogP contribution is 2.24. The molecule has 0 spiro atoms. The molecule has 4 heterocycles. The first-order valence-corrected chi connectivity index (χ1v) is 12.8. The molecular formula is C28H29ClN8O. The minimum Gasteiger partial charge on any atom is -0.323 e. The van der Waals surface area contributed by atoms with Crippen LogP contribution in [0.1, 0.15) is 21.6 Å². The Hall–Kier alpha value is -3.92. The van der Waals surface area contributed by atoms with E-state index in [4.69, 9.17) is 11.6 Å². The molecule has 0 aliphatic carbocycles. The average Bonchev–Trinajstić information content (AvgIpc) is 2.93. The molecule has 0 saturated carbocycles. The summed E-state index contributed by atoms with van der Waals surface area (Å²) < 4.78 is 0. The Morgan fingerprint density at radius 1 is 1.03 bits per heavy atom. The summed E-state index contributed by atoms with van der Waals surface area (Å²) in [5.74, 6) is 0.159. The summed E-state index contributed by atoms with van der Waals surface area (Å²) in [7, 11) is 2.13. The second kappa shape index (κ2) is 11.6. The lowest BCUT2D eigenvalue weighted by Gasteiger charge is -2.32. The van der Waals surface area contributed by atoms with Crippen LogP contribution in [0.25, 0.3) is 11.3 Å². The van der Waals surface area contributed by atoms with Crippen molar-refractivity contribution in [3.05, 3.63) is 89.1 Å².